The summed E-state index contributed by atoms with van der Waals surface area (Å²) < 4.78 is 7.32. The lowest BCUT2D eigenvalue weighted by Crippen LogP contribution is -2.49. The van der Waals surface area contributed by atoms with Crippen molar-refractivity contribution in [2.24, 2.45) is 7.05 Å². The molecule has 1 unspecified atom stereocenters. The van der Waals surface area contributed by atoms with Crippen molar-refractivity contribution >= 4 is 5.91 Å². The molecule has 5 heteroatoms. The van der Waals surface area contributed by atoms with Crippen molar-refractivity contribution in [2.75, 3.05) is 19.8 Å². The minimum Gasteiger partial charge on any atom is -0.385 e. The summed E-state index contributed by atoms with van der Waals surface area (Å²) in [4.78, 5) is 13.0. The molecule has 24 heavy (non-hydrogen) atoms. The van der Waals surface area contributed by atoms with Gasteiger partial charge >= 0.3 is 0 Å². The van der Waals surface area contributed by atoms with Crippen molar-refractivity contribution in [2.45, 2.75) is 24.4 Å². The fraction of sp³-hybridized carbons (Fsp3) is 0.421. The summed E-state index contributed by atoms with van der Waals surface area (Å²) in [5.41, 5.74) is 1.23. The van der Waals surface area contributed by atoms with Gasteiger partial charge in [-0.1, -0.05) is 30.3 Å². The fourth-order valence-electron chi connectivity index (χ4n) is 3.41. The number of benzene rings is 1. The van der Waals surface area contributed by atoms with Crippen molar-refractivity contribution in [3.05, 3.63) is 59.9 Å². The number of hydrogen-bond acceptors (Lipinski definition) is 3. The summed E-state index contributed by atoms with van der Waals surface area (Å²) in [7, 11) is 1.88. The van der Waals surface area contributed by atoms with Crippen molar-refractivity contribution in [1.82, 2.24) is 9.88 Å². The number of amides is 1. The first-order chi connectivity index (χ1) is 11.6. The van der Waals surface area contributed by atoms with Crippen molar-refractivity contribution < 1.29 is 14.6 Å². The number of aromatic nitrogens is 1. The highest BCUT2D eigenvalue weighted by Crippen LogP contribution is 2.35. The predicted molar refractivity (Wildman–Crippen MR) is 91.6 cm³/mol. The van der Waals surface area contributed by atoms with Gasteiger partial charge in [0.25, 0.3) is 0 Å². The molecule has 1 aliphatic rings. The maximum absolute atomic E-state index is 13.0. The minimum absolute atomic E-state index is 0.0368. The molecule has 128 valence electrons. The normalized spacial score (nSPS) is 18.1. The van der Waals surface area contributed by atoms with Crippen LogP contribution in [0.15, 0.2) is 48.7 Å². The van der Waals surface area contributed by atoms with E-state index in [1.54, 1.807) is 0 Å². The summed E-state index contributed by atoms with van der Waals surface area (Å²) in [5.74, 6) is -0.0368. The monoisotopic (exact) mass is 328 g/mol. The highest BCUT2D eigenvalue weighted by Gasteiger charge is 2.41. The second-order valence-electron chi connectivity index (χ2n) is 6.33. The lowest BCUT2D eigenvalue weighted by Gasteiger charge is -2.36. The summed E-state index contributed by atoms with van der Waals surface area (Å²) in [6, 6.07) is 13.6. The molecule has 3 rings (SSSR count). The number of carbonyl (C=O) groups is 1. The average Bonchev–Trinajstić information content (AvgIpc) is 3.06. The van der Waals surface area contributed by atoms with Crippen LogP contribution in [0.4, 0.5) is 0 Å². The number of rotatable bonds is 5. The van der Waals surface area contributed by atoms with E-state index in [2.05, 4.69) is 5.32 Å². The van der Waals surface area contributed by atoms with E-state index in [0.29, 0.717) is 26.1 Å². The van der Waals surface area contributed by atoms with Crippen LogP contribution in [-0.4, -0.2) is 35.3 Å². The molecule has 1 atom stereocenters. The van der Waals surface area contributed by atoms with Gasteiger partial charge in [-0.15, -0.1) is 0 Å². The first-order valence-electron chi connectivity index (χ1n) is 8.34. The third-order valence-corrected chi connectivity index (χ3v) is 4.89. The van der Waals surface area contributed by atoms with Crippen molar-refractivity contribution in [3.8, 4) is 0 Å². The molecule has 2 heterocycles. The Morgan fingerprint density at radius 2 is 1.96 bits per heavy atom. The number of nitrogens with zero attached hydrogens (tertiary/aromatic N) is 1. The van der Waals surface area contributed by atoms with Crippen molar-refractivity contribution in [3.63, 3.8) is 0 Å². The Balaban J connectivity index is 1.74. The molecule has 0 aliphatic carbocycles. The Kier molecular flexibility index (Phi) is 5.02. The average molecular weight is 328 g/mol. The molecule has 1 fully saturated rings. The summed E-state index contributed by atoms with van der Waals surface area (Å²) >= 11 is 0. The third-order valence-electron chi connectivity index (χ3n) is 4.89. The quantitative estimate of drug-likeness (QED) is 0.881. The Morgan fingerprint density at radius 3 is 2.58 bits per heavy atom. The van der Waals surface area contributed by atoms with Gasteiger partial charge in [0.15, 0.2) is 0 Å². The van der Waals surface area contributed by atoms with Gasteiger partial charge in [0.05, 0.1) is 5.41 Å². The van der Waals surface area contributed by atoms with Crippen LogP contribution < -0.4 is 5.32 Å². The van der Waals surface area contributed by atoms with Crippen LogP contribution in [0, 0.1) is 0 Å². The topological polar surface area (TPSA) is 63.5 Å². The van der Waals surface area contributed by atoms with Crippen LogP contribution in [0.1, 0.15) is 30.2 Å². The lowest BCUT2D eigenvalue weighted by atomic mass is 9.73. The molecule has 0 bridgehead atoms. The van der Waals surface area contributed by atoms with Gasteiger partial charge in [-0.05, 0) is 30.5 Å². The molecule has 0 radical (unpaired) electrons. The standard InChI is InChI=1S/C19H24N2O3/c1-21-11-5-8-16(21)17(22)14-20-18(23)19(9-12-24-13-10-19)15-6-3-2-4-7-15/h2-8,11,17,22H,9-10,12-14H2,1H3,(H,20,23). The van der Waals surface area contributed by atoms with Crippen LogP contribution >= 0.6 is 0 Å². The number of ether oxygens (including phenoxy) is 1. The molecule has 0 saturated carbocycles. The van der Waals surface area contributed by atoms with Gasteiger partial charge < -0.3 is 19.7 Å². The van der Waals surface area contributed by atoms with Gasteiger partial charge in [-0.2, -0.15) is 0 Å². The van der Waals surface area contributed by atoms with Gasteiger partial charge in [0, 0.05) is 38.7 Å². The SMILES string of the molecule is Cn1cccc1C(O)CNC(=O)C1(c2ccccc2)CCOCC1. The molecule has 1 aromatic heterocycles. The molecule has 1 saturated heterocycles. The fourth-order valence-corrected chi connectivity index (χ4v) is 3.41. The highest BCUT2D eigenvalue weighted by molar-refractivity contribution is 5.88. The summed E-state index contributed by atoms with van der Waals surface area (Å²) in [6.45, 7) is 1.34. The highest BCUT2D eigenvalue weighted by atomic mass is 16.5. The van der Waals surface area contributed by atoms with Gasteiger partial charge in [-0.3, -0.25) is 4.79 Å². The third kappa shape index (κ3) is 3.23. The van der Waals surface area contributed by atoms with Crippen LogP contribution in [0.3, 0.4) is 0 Å². The molecule has 1 aliphatic heterocycles. The Hall–Kier alpha value is -2.11. The van der Waals surface area contributed by atoms with Crippen LogP contribution in [0.25, 0.3) is 0 Å². The zero-order valence-electron chi connectivity index (χ0n) is 13.9. The molecular weight excluding hydrogens is 304 g/mol. The summed E-state index contributed by atoms with van der Waals surface area (Å²) in [5, 5.41) is 13.3. The second-order valence-corrected chi connectivity index (χ2v) is 6.33. The van der Waals surface area contributed by atoms with E-state index in [9.17, 15) is 9.90 Å². The van der Waals surface area contributed by atoms with Gasteiger partial charge in [0.2, 0.25) is 5.91 Å². The Labute approximate surface area is 142 Å². The van der Waals surface area contributed by atoms with E-state index in [4.69, 9.17) is 4.74 Å². The number of nitrogens with one attached hydrogen (secondary N) is 1. The first kappa shape index (κ1) is 16.7. The smallest absolute Gasteiger partial charge is 0.230 e. The second kappa shape index (κ2) is 7.20. The van der Waals surface area contributed by atoms with E-state index in [0.717, 1.165) is 11.3 Å². The maximum atomic E-state index is 13.0. The van der Waals surface area contributed by atoms with E-state index in [1.165, 1.54) is 0 Å². The number of aryl methyl sites for hydroxylation is 1. The largest absolute Gasteiger partial charge is 0.385 e. The zero-order valence-corrected chi connectivity index (χ0v) is 13.9. The van der Waals surface area contributed by atoms with E-state index in [-0.39, 0.29) is 12.5 Å². The molecule has 2 N–H and O–H groups in total. The molecule has 5 nitrogen and oxygen atoms in total. The van der Waals surface area contributed by atoms with E-state index in [1.807, 2.05) is 60.3 Å². The van der Waals surface area contributed by atoms with Crippen LogP contribution in [0.5, 0.6) is 0 Å². The Bertz CT molecular complexity index is 675. The number of aliphatic hydroxyl groups excluding tert-OH is 1. The minimum atomic E-state index is -0.721. The van der Waals surface area contributed by atoms with Crippen molar-refractivity contribution in [1.29, 1.82) is 0 Å². The number of hydrogen-bond donors (Lipinski definition) is 2. The number of aliphatic hydroxyl groups is 1. The first-order valence-corrected chi connectivity index (χ1v) is 8.34. The molecular formula is C19H24N2O3. The van der Waals surface area contributed by atoms with E-state index >= 15 is 0 Å². The van der Waals surface area contributed by atoms with Crippen LogP contribution in [0.2, 0.25) is 0 Å². The van der Waals surface area contributed by atoms with Gasteiger partial charge in [0.1, 0.15) is 6.10 Å². The van der Waals surface area contributed by atoms with Crippen LogP contribution in [-0.2, 0) is 22.0 Å². The molecule has 1 aromatic carbocycles. The summed E-state index contributed by atoms with van der Waals surface area (Å²) in [6.07, 6.45) is 2.47. The lowest BCUT2D eigenvalue weighted by molar-refractivity contribution is -0.131. The van der Waals surface area contributed by atoms with E-state index < -0.39 is 11.5 Å². The number of carbonyl (C=O) groups excluding carboxylic acids is 1. The zero-order chi connectivity index (χ0) is 17.0. The Morgan fingerprint density at radius 1 is 1.25 bits per heavy atom. The molecule has 1 amide bonds. The molecule has 0 spiro atoms. The maximum Gasteiger partial charge on any atom is 0.230 e. The predicted octanol–water partition coefficient (Wildman–Crippen LogP) is 1.92. The van der Waals surface area contributed by atoms with Gasteiger partial charge in [-0.25, -0.2) is 0 Å². The molecule has 2 aromatic rings.